The summed E-state index contributed by atoms with van der Waals surface area (Å²) in [6, 6.07) is 0.163. The van der Waals surface area contributed by atoms with Crippen molar-refractivity contribution in [1.82, 2.24) is 14.8 Å². The fraction of sp³-hybridized carbons (Fsp3) is 0.833. The number of nitrogens with zero attached hydrogens (tertiary/aromatic N) is 3. The first-order valence-corrected chi connectivity index (χ1v) is 7.68. The average molecular weight is 253 g/mol. The van der Waals surface area contributed by atoms with Crippen LogP contribution in [0.25, 0.3) is 0 Å². The molecule has 0 saturated carbocycles. The third kappa shape index (κ3) is 2.22. The van der Waals surface area contributed by atoms with Crippen molar-refractivity contribution in [2.24, 2.45) is 0 Å². The number of aliphatic hydroxyl groups excluding tert-OH is 1. The fourth-order valence-corrected chi connectivity index (χ4v) is 3.88. The predicted octanol–water partition coefficient (Wildman–Crippen LogP) is 1.76. The molecule has 2 aliphatic heterocycles. The van der Waals surface area contributed by atoms with E-state index in [2.05, 4.69) is 5.10 Å². The van der Waals surface area contributed by atoms with Crippen LogP contribution in [0.15, 0.2) is 0 Å². The van der Waals surface area contributed by atoms with Crippen LogP contribution in [0.1, 0.15) is 49.3 Å². The van der Waals surface area contributed by atoms with Gasteiger partial charge in [-0.25, -0.2) is 9.67 Å². The highest BCUT2D eigenvalue weighted by Gasteiger charge is 2.26. The minimum absolute atomic E-state index is 0.163. The summed E-state index contributed by atoms with van der Waals surface area (Å²) in [5.74, 6) is 5.08. The Bertz CT molecular complexity index is 387. The van der Waals surface area contributed by atoms with Crippen LogP contribution in [-0.4, -0.2) is 38.0 Å². The zero-order valence-electron chi connectivity index (χ0n) is 10.0. The van der Waals surface area contributed by atoms with Crippen molar-refractivity contribution in [3.8, 4) is 0 Å². The molecule has 3 heterocycles. The maximum Gasteiger partial charge on any atom is 0.154 e. The fourth-order valence-electron chi connectivity index (χ4n) is 2.74. The van der Waals surface area contributed by atoms with Gasteiger partial charge in [0.2, 0.25) is 0 Å². The third-order valence-corrected chi connectivity index (χ3v) is 4.95. The van der Waals surface area contributed by atoms with Crippen LogP contribution in [0.4, 0.5) is 0 Å². The molecule has 1 fully saturated rings. The summed E-state index contributed by atoms with van der Waals surface area (Å²) in [7, 11) is 0. The Hall–Kier alpha value is -0.550. The van der Waals surface area contributed by atoms with Crippen LogP contribution in [-0.2, 0) is 6.42 Å². The monoisotopic (exact) mass is 253 g/mol. The second-order valence-corrected chi connectivity index (χ2v) is 6.12. The summed E-state index contributed by atoms with van der Waals surface area (Å²) in [5, 5.41) is 14.0. The predicted molar refractivity (Wildman–Crippen MR) is 68.4 cm³/mol. The molecule has 0 bridgehead atoms. The van der Waals surface area contributed by atoms with Gasteiger partial charge >= 0.3 is 0 Å². The number of thioether (sulfide) groups is 1. The van der Waals surface area contributed by atoms with E-state index >= 15 is 0 Å². The maximum absolute atomic E-state index is 9.36. The second-order valence-electron chi connectivity index (χ2n) is 4.97. The Morgan fingerprint density at radius 2 is 2.29 bits per heavy atom. The normalized spacial score (nSPS) is 29.0. The molecule has 4 nitrogen and oxygen atoms in total. The van der Waals surface area contributed by atoms with Gasteiger partial charge in [0.1, 0.15) is 5.82 Å². The summed E-state index contributed by atoms with van der Waals surface area (Å²) in [4.78, 5) is 4.70. The molecule has 1 saturated heterocycles. The Morgan fingerprint density at radius 3 is 3.06 bits per heavy atom. The Morgan fingerprint density at radius 1 is 1.35 bits per heavy atom. The number of fused-ring (bicyclic) bond motifs is 1. The van der Waals surface area contributed by atoms with Crippen LogP contribution in [0.3, 0.4) is 0 Å². The summed E-state index contributed by atoms with van der Waals surface area (Å²) in [5.41, 5.74) is 0. The first kappa shape index (κ1) is 11.5. The smallest absolute Gasteiger partial charge is 0.154 e. The molecule has 0 aromatic carbocycles. The molecule has 0 spiro atoms. The average Bonchev–Trinajstić information content (AvgIpc) is 2.83. The molecule has 1 aromatic rings. The molecule has 0 radical (unpaired) electrons. The molecule has 2 atom stereocenters. The molecule has 2 aliphatic rings. The number of hydrogen-bond donors (Lipinski definition) is 1. The summed E-state index contributed by atoms with van der Waals surface area (Å²) in [6.07, 6.45) is 5.68. The lowest BCUT2D eigenvalue weighted by atomic mass is 10.1. The number of hydrogen-bond acceptors (Lipinski definition) is 4. The summed E-state index contributed by atoms with van der Waals surface area (Å²) in [6.45, 7) is 0.190. The van der Waals surface area contributed by atoms with Gasteiger partial charge in [-0.15, -0.1) is 0 Å². The van der Waals surface area contributed by atoms with Crippen LogP contribution < -0.4 is 0 Å². The van der Waals surface area contributed by atoms with Gasteiger partial charge in [0.05, 0.1) is 12.6 Å². The highest BCUT2D eigenvalue weighted by atomic mass is 32.2. The van der Waals surface area contributed by atoms with E-state index in [1.165, 1.54) is 18.6 Å². The van der Waals surface area contributed by atoms with Crippen molar-refractivity contribution in [2.45, 2.75) is 44.1 Å². The van der Waals surface area contributed by atoms with E-state index in [9.17, 15) is 5.11 Å². The first-order chi connectivity index (χ1) is 8.38. The zero-order chi connectivity index (χ0) is 11.7. The van der Waals surface area contributed by atoms with Gasteiger partial charge in [-0.05, 0) is 31.4 Å². The Kier molecular flexibility index (Phi) is 3.38. The highest BCUT2D eigenvalue weighted by molar-refractivity contribution is 7.99. The number of aliphatic hydroxyl groups is 1. The molecule has 17 heavy (non-hydrogen) atoms. The van der Waals surface area contributed by atoms with E-state index < -0.39 is 0 Å². The summed E-state index contributed by atoms with van der Waals surface area (Å²) < 4.78 is 1.98. The molecule has 2 unspecified atom stereocenters. The highest BCUT2D eigenvalue weighted by Crippen LogP contribution is 2.31. The van der Waals surface area contributed by atoms with E-state index in [-0.39, 0.29) is 12.6 Å². The summed E-state index contributed by atoms with van der Waals surface area (Å²) >= 11 is 2.01. The van der Waals surface area contributed by atoms with Crippen LogP contribution >= 0.6 is 11.8 Å². The molecule has 3 rings (SSSR count). The molecule has 94 valence electrons. The van der Waals surface area contributed by atoms with Crippen molar-refractivity contribution in [3.63, 3.8) is 0 Å². The lowest BCUT2D eigenvalue weighted by molar-refractivity contribution is 0.194. The van der Waals surface area contributed by atoms with Crippen molar-refractivity contribution < 1.29 is 5.11 Å². The standard InChI is InChI=1S/C12H19N3OS/c16-7-10-4-1-5-11-13-12(14-15(10)11)9-3-2-6-17-8-9/h9-10,16H,1-8H2. The van der Waals surface area contributed by atoms with Crippen molar-refractivity contribution in [3.05, 3.63) is 11.6 Å². The molecule has 0 aliphatic carbocycles. The van der Waals surface area contributed by atoms with E-state index in [1.807, 2.05) is 16.4 Å². The Labute approximate surface area is 106 Å². The second kappa shape index (κ2) is 4.98. The van der Waals surface area contributed by atoms with E-state index in [0.717, 1.165) is 36.7 Å². The van der Waals surface area contributed by atoms with Crippen LogP contribution in [0.5, 0.6) is 0 Å². The quantitative estimate of drug-likeness (QED) is 0.872. The zero-order valence-corrected chi connectivity index (χ0v) is 10.8. The third-order valence-electron chi connectivity index (χ3n) is 3.74. The molecular formula is C12H19N3OS. The van der Waals surface area contributed by atoms with E-state index in [4.69, 9.17) is 4.98 Å². The van der Waals surface area contributed by atoms with Gasteiger partial charge < -0.3 is 5.11 Å². The maximum atomic E-state index is 9.36. The van der Waals surface area contributed by atoms with Gasteiger partial charge in [0, 0.05) is 18.1 Å². The molecule has 1 aromatic heterocycles. The van der Waals surface area contributed by atoms with Crippen LogP contribution in [0.2, 0.25) is 0 Å². The number of rotatable bonds is 2. The minimum Gasteiger partial charge on any atom is -0.394 e. The largest absolute Gasteiger partial charge is 0.394 e. The molecular weight excluding hydrogens is 234 g/mol. The lowest BCUT2D eigenvalue weighted by Crippen LogP contribution is -2.22. The molecule has 5 heteroatoms. The Balaban J connectivity index is 1.84. The minimum atomic E-state index is 0.163. The molecule has 1 N–H and O–H groups in total. The van der Waals surface area contributed by atoms with Gasteiger partial charge in [-0.2, -0.15) is 16.9 Å². The number of aromatic nitrogens is 3. The van der Waals surface area contributed by atoms with Crippen molar-refractivity contribution in [2.75, 3.05) is 18.1 Å². The SMILES string of the molecule is OCC1CCCc2nc(C3CCCSC3)nn21. The van der Waals surface area contributed by atoms with Gasteiger partial charge in [-0.3, -0.25) is 0 Å². The van der Waals surface area contributed by atoms with E-state index in [0.29, 0.717) is 5.92 Å². The molecule has 0 amide bonds. The van der Waals surface area contributed by atoms with Gasteiger partial charge in [0.15, 0.2) is 5.82 Å². The topological polar surface area (TPSA) is 50.9 Å². The van der Waals surface area contributed by atoms with Crippen molar-refractivity contribution >= 4 is 11.8 Å². The van der Waals surface area contributed by atoms with Crippen LogP contribution in [0, 0.1) is 0 Å². The van der Waals surface area contributed by atoms with Gasteiger partial charge in [0.25, 0.3) is 0 Å². The lowest BCUT2D eigenvalue weighted by Gasteiger charge is -2.21. The van der Waals surface area contributed by atoms with Gasteiger partial charge in [-0.1, -0.05) is 0 Å². The first-order valence-electron chi connectivity index (χ1n) is 6.52. The number of aryl methyl sites for hydroxylation is 1. The van der Waals surface area contributed by atoms with Crippen molar-refractivity contribution in [1.29, 1.82) is 0 Å². The van der Waals surface area contributed by atoms with E-state index in [1.54, 1.807) is 0 Å².